The zero-order valence-electron chi connectivity index (χ0n) is 18.6. The van der Waals surface area contributed by atoms with Crippen molar-refractivity contribution in [3.63, 3.8) is 0 Å². The molecule has 0 radical (unpaired) electrons. The number of rotatable bonds is 7. The van der Waals surface area contributed by atoms with Crippen LogP contribution in [0.5, 0.6) is 5.75 Å². The van der Waals surface area contributed by atoms with Crippen molar-refractivity contribution in [2.45, 2.75) is 52.1 Å². The van der Waals surface area contributed by atoms with Crippen LogP contribution in [0.1, 0.15) is 44.0 Å². The van der Waals surface area contributed by atoms with Gasteiger partial charge in [-0.15, -0.1) is 0 Å². The highest BCUT2D eigenvalue weighted by Crippen LogP contribution is 2.31. The molecular formula is C24H31N3O4. The van der Waals surface area contributed by atoms with Crippen LogP contribution in [0.2, 0.25) is 0 Å². The number of fused-ring (bicyclic) bond motifs is 1. The van der Waals surface area contributed by atoms with Gasteiger partial charge in [0.2, 0.25) is 5.91 Å². The summed E-state index contributed by atoms with van der Waals surface area (Å²) in [7, 11) is 1.84. The normalized spacial score (nSPS) is 16.5. The van der Waals surface area contributed by atoms with Gasteiger partial charge in [-0.3, -0.25) is 9.59 Å². The predicted molar refractivity (Wildman–Crippen MR) is 119 cm³/mol. The number of anilines is 1. The van der Waals surface area contributed by atoms with Gasteiger partial charge >= 0.3 is 5.97 Å². The van der Waals surface area contributed by atoms with Gasteiger partial charge in [0, 0.05) is 31.2 Å². The Labute approximate surface area is 183 Å². The molecule has 31 heavy (non-hydrogen) atoms. The minimum absolute atomic E-state index is 0.107. The van der Waals surface area contributed by atoms with Crippen molar-refractivity contribution in [1.29, 1.82) is 0 Å². The molecule has 0 unspecified atom stereocenters. The molecule has 0 spiro atoms. The molecule has 1 aromatic heterocycles. The minimum Gasteiger partial charge on any atom is -0.493 e. The number of hydrogen-bond donors (Lipinski definition) is 2. The number of carboxylic acids is 1. The lowest BCUT2D eigenvalue weighted by Gasteiger charge is -2.36. The Hall–Kier alpha value is -3.09. The van der Waals surface area contributed by atoms with E-state index in [0.29, 0.717) is 26.0 Å². The summed E-state index contributed by atoms with van der Waals surface area (Å²) >= 11 is 0. The second kappa shape index (κ2) is 9.37. The van der Waals surface area contributed by atoms with Crippen LogP contribution >= 0.6 is 0 Å². The number of nitrogens with zero attached hydrogens (tertiary/aromatic N) is 2. The Morgan fingerprint density at radius 3 is 2.71 bits per heavy atom. The van der Waals surface area contributed by atoms with Gasteiger partial charge in [-0.2, -0.15) is 0 Å². The van der Waals surface area contributed by atoms with E-state index < -0.39 is 17.4 Å². The number of carbonyl (C=O) groups is 2. The standard InChI is InChI=1S/C24H31N3O4/c1-24(2,3)27-15-18-13-20(31-11-10-19-6-5-7-21(25-4)26-19)9-8-16(18)12-17(23(27)30)14-22(28)29/h5-9,13,17H,10-12,14-15H2,1-4H3,(H,25,26)(H,28,29)/t17-/m0/s1. The van der Waals surface area contributed by atoms with Crippen LogP contribution < -0.4 is 10.1 Å². The van der Waals surface area contributed by atoms with Gasteiger partial charge in [0.05, 0.1) is 18.9 Å². The first kappa shape index (κ1) is 22.6. The number of ether oxygens (including phenoxy) is 1. The highest BCUT2D eigenvalue weighted by atomic mass is 16.5. The summed E-state index contributed by atoms with van der Waals surface area (Å²) in [5.74, 6) is -0.0576. The lowest BCUT2D eigenvalue weighted by atomic mass is 9.94. The number of aromatic nitrogens is 1. The Bertz CT molecular complexity index is 952. The van der Waals surface area contributed by atoms with Crippen molar-refractivity contribution in [2.75, 3.05) is 19.0 Å². The number of amides is 1. The predicted octanol–water partition coefficient (Wildman–Crippen LogP) is 3.52. The van der Waals surface area contributed by atoms with E-state index in [1.165, 1.54) is 0 Å². The molecule has 1 aliphatic heterocycles. The highest BCUT2D eigenvalue weighted by molar-refractivity contribution is 5.84. The number of aliphatic carboxylic acids is 1. The third-order valence-electron chi connectivity index (χ3n) is 5.51. The van der Waals surface area contributed by atoms with Crippen LogP contribution in [0.3, 0.4) is 0 Å². The Morgan fingerprint density at radius 2 is 2.03 bits per heavy atom. The molecule has 1 atom stereocenters. The maximum Gasteiger partial charge on any atom is 0.304 e. The zero-order valence-corrected chi connectivity index (χ0v) is 18.6. The molecule has 0 aliphatic carbocycles. The molecule has 0 saturated heterocycles. The molecule has 2 heterocycles. The van der Waals surface area contributed by atoms with Gasteiger partial charge in [-0.05, 0) is 62.6 Å². The van der Waals surface area contributed by atoms with E-state index in [1.54, 1.807) is 4.90 Å². The van der Waals surface area contributed by atoms with E-state index in [2.05, 4.69) is 10.3 Å². The number of carboxylic acid groups (broad SMARTS) is 1. The first-order valence-corrected chi connectivity index (χ1v) is 10.6. The first-order chi connectivity index (χ1) is 14.7. The van der Waals surface area contributed by atoms with Crippen molar-refractivity contribution in [3.8, 4) is 5.75 Å². The monoisotopic (exact) mass is 425 g/mol. The Balaban J connectivity index is 1.76. The number of benzene rings is 1. The zero-order chi connectivity index (χ0) is 22.6. The summed E-state index contributed by atoms with van der Waals surface area (Å²) in [5.41, 5.74) is 2.55. The molecule has 7 nitrogen and oxygen atoms in total. The molecule has 0 bridgehead atoms. The topological polar surface area (TPSA) is 91.8 Å². The Kier molecular flexibility index (Phi) is 6.83. The van der Waals surface area contributed by atoms with Crippen LogP contribution in [0.25, 0.3) is 0 Å². The summed E-state index contributed by atoms with van der Waals surface area (Å²) in [6, 6.07) is 11.7. The van der Waals surface area contributed by atoms with Crippen LogP contribution in [0, 0.1) is 5.92 Å². The molecule has 0 saturated carbocycles. The van der Waals surface area contributed by atoms with Gasteiger partial charge in [0.25, 0.3) is 0 Å². The maximum absolute atomic E-state index is 13.1. The highest BCUT2D eigenvalue weighted by Gasteiger charge is 2.36. The number of hydrogen-bond acceptors (Lipinski definition) is 5. The number of pyridine rings is 1. The molecular weight excluding hydrogens is 394 g/mol. The smallest absolute Gasteiger partial charge is 0.304 e. The average Bonchev–Trinajstić information content (AvgIpc) is 2.84. The van der Waals surface area contributed by atoms with Crippen molar-refractivity contribution in [1.82, 2.24) is 9.88 Å². The van der Waals surface area contributed by atoms with Gasteiger partial charge in [0.15, 0.2) is 0 Å². The summed E-state index contributed by atoms with van der Waals surface area (Å²) < 4.78 is 5.97. The van der Waals surface area contributed by atoms with Crippen LogP contribution in [-0.4, -0.2) is 46.1 Å². The summed E-state index contributed by atoms with van der Waals surface area (Å²) in [6.45, 7) is 6.85. The Morgan fingerprint density at radius 1 is 1.26 bits per heavy atom. The van der Waals surface area contributed by atoms with Gasteiger partial charge < -0.3 is 20.1 Å². The summed E-state index contributed by atoms with van der Waals surface area (Å²) in [4.78, 5) is 30.7. The minimum atomic E-state index is -0.952. The summed E-state index contributed by atoms with van der Waals surface area (Å²) in [5, 5.41) is 12.3. The molecule has 166 valence electrons. The molecule has 2 aromatic rings. The number of carbonyl (C=O) groups excluding carboxylic acids is 1. The third kappa shape index (κ3) is 5.75. The molecule has 1 aromatic carbocycles. The first-order valence-electron chi connectivity index (χ1n) is 10.6. The lowest BCUT2D eigenvalue weighted by Crippen LogP contribution is -2.47. The van der Waals surface area contributed by atoms with Crippen molar-refractivity contribution in [2.24, 2.45) is 5.92 Å². The average molecular weight is 426 g/mol. The molecule has 7 heteroatoms. The maximum atomic E-state index is 13.1. The lowest BCUT2D eigenvalue weighted by molar-refractivity contribution is -0.147. The van der Waals surface area contributed by atoms with Crippen molar-refractivity contribution in [3.05, 3.63) is 53.2 Å². The second-order valence-corrected chi connectivity index (χ2v) is 8.89. The van der Waals surface area contributed by atoms with E-state index >= 15 is 0 Å². The SMILES string of the molecule is CNc1cccc(CCOc2ccc3c(c2)CN(C(C)(C)C)C(=O)[C@H](CC(=O)O)C3)n1. The largest absolute Gasteiger partial charge is 0.493 e. The molecule has 0 fully saturated rings. The molecule has 1 amide bonds. The van der Waals surface area contributed by atoms with Gasteiger partial charge in [0.1, 0.15) is 11.6 Å². The van der Waals surface area contributed by atoms with Crippen molar-refractivity contribution < 1.29 is 19.4 Å². The molecule has 3 rings (SSSR count). The van der Waals surface area contributed by atoms with Crippen molar-refractivity contribution >= 4 is 17.7 Å². The third-order valence-corrected chi connectivity index (χ3v) is 5.51. The van der Waals surface area contributed by atoms with Crippen LogP contribution in [0.15, 0.2) is 36.4 Å². The molecule has 1 aliphatic rings. The quantitative estimate of drug-likeness (QED) is 0.705. The van der Waals surface area contributed by atoms with Gasteiger partial charge in [-0.1, -0.05) is 12.1 Å². The van der Waals surface area contributed by atoms with Crippen LogP contribution in [-0.2, 0) is 29.0 Å². The van der Waals surface area contributed by atoms with E-state index in [-0.39, 0.29) is 12.3 Å². The van der Waals surface area contributed by atoms with Crippen LogP contribution in [0.4, 0.5) is 5.82 Å². The van der Waals surface area contributed by atoms with E-state index in [0.717, 1.165) is 28.4 Å². The fourth-order valence-electron chi connectivity index (χ4n) is 3.83. The van der Waals surface area contributed by atoms with E-state index in [1.807, 2.05) is 64.2 Å². The number of nitrogens with one attached hydrogen (secondary N) is 1. The van der Waals surface area contributed by atoms with Gasteiger partial charge in [-0.25, -0.2) is 4.98 Å². The summed E-state index contributed by atoms with van der Waals surface area (Å²) in [6.07, 6.45) is 0.940. The second-order valence-electron chi connectivity index (χ2n) is 8.89. The van der Waals surface area contributed by atoms with E-state index in [9.17, 15) is 14.7 Å². The molecule has 2 N–H and O–H groups in total. The fraction of sp³-hybridized carbons (Fsp3) is 0.458. The van der Waals surface area contributed by atoms with E-state index in [4.69, 9.17) is 4.74 Å². The fourth-order valence-corrected chi connectivity index (χ4v) is 3.83.